The molecule has 0 aromatic heterocycles. The monoisotopic (exact) mass is 302 g/mol. The van der Waals surface area contributed by atoms with Crippen molar-refractivity contribution in [3.8, 4) is 0 Å². The first-order chi connectivity index (χ1) is 5.56. The van der Waals surface area contributed by atoms with E-state index in [1.165, 1.54) is 44.3 Å². The molecule has 0 aromatic carbocycles. The fraction of sp³-hybridized carbons (Fsp3) is 1.00. The standard InChI is InChI=1S/C10H23IS/c1-4-5-6-7-8-9-10-12(2,3)11/h4-10H2,1-3H3. The van der Waals surface area contributed by atoms with Gasteiger partial charge in [-0.05, 0) is 45.9 Å². The molecule has 12 heavy (non-hydrogen) atoms. The number of hydrogen-bond acceptors (Lipinski definition) is 0. The molecular formula is C10H23IS. The quantitative estimate of drug-likeness (QED) is 0.470. The average molecular weight is 302 g/mol. The largest absolute Gasteiger partial charge is 0.193 e. The lowest BCUT2D eigenvalue weighted by atomic mass is 10.1. The molecule has 0 rings (SSSR count). The summed E-state index contributed by atoms with van der Waals surface area (Å²) in [6, 6.07) is 0. The van der Waals surface area contributed by atoms with Gasteiger partial charge < -0.3 is 0 Å². The normalized spacial score (nSPS) is 13.3. The molecule has 0 unspecified atom stereocenters. The highest BCUT2D eigenvalue weighted by molar-refractivity contribution is 14.2. The topological polar surface area (TPSA) is 0 Å². The Kier molecular flexibility index (Phi) is 8.15. The Labute approximate surface area is 91.8 Å². The number of unbranched alkanes of at least 4 members (excludes halogenated alkanes) is 5. The van der Waals surface area contributed by atoms with Gasteiger partial charge in [-0.25, -0.2) is 0 Å². The number of rotatable bonds is 7. The summed E-state index contributed by atoms with van der Waals surface area (Å²) in [5.74, 6) is 1.46. The second-order valence-corrected chi connectivity index (χ2v) is 14.2. The fourth-order valence-electron chi connectivity index (χ4n) is 1.23. The summed E-state index contributed by atoms with van der Waals surface area (Å²) < 4.78 is 0. The van der Waals surface area contributed by atoms with Gasteiger partial charge in [-0.3, -0.25) is 0 Å². The number of hydrogen-bond donors (Lipinski definition) is 0. The summed E-state index contributed by atoms with van der Waals surface area (Å²) in [5, 5.41) is 0. The van der Waals surface area contributed by atoms with E-state index in [1.807, 2.05) is 0 Å². The van der Waals surface area contributed by atoms with Crippen molar-refractivity contribution in [3.63, 3.8) is 0 Å². The Balaban J connectivity index is 3.01. The van der Waals surface area contributed by atoms with Crippen molar-refractivity contribution >= 4 is 28.4 Å². The predicted octanol–water partition coefficient (Wildman–Crippen LogP) is 4.76. The molecule has 0 atom stereocenters. The third-order valence-corrected chi connectivity index (χ3v) is 4.56. The maximum Gasteiger partial charge on any atom is -0.0149 e. The Morgan fingerprint density at radius 2 is 1.42 bits per heavy atom. The molecule has 0 N–H and O–H groups in total. The Morgan fingerprint density at radius 1 is 0.917 bits per heavy atom. The summed E-state index contributed by atoms with van der Waals surface area (Å²) in [7, 11) is -0.247. The SMILES string of the molecule is CCCCCCCCS(C)(C)I. The average Bonchev–Trinajstić information content (AvgIpc) is 1.94. The van der Waals surface area contributed by atoms with E-state index in [0.717, 1.165) is 0 Å². The molecule has 0 aliphatic heterocycles. The van der Waals surface area contributed by atoms with Crippen LogP contribution in [0.3, 0.4) is 0 Å². The Hall–Kier alpha value is 1.08. The van der Waals surface area contributed by atoms with Crippen LogP contribution in [-0.2, 0) is 0 Å². The highest BCUT2D eigenvalue weighted by Crippen LogP contribution is 2.49. The highest BCUT2D eigenvalue weighted by Gasteiger charge is 2.04. The lowest BCUT2D eigenvalue weighted by Gasteiger charge is -2.21. The summed E-state index contributed by atoms with van der Waals surface area (Å²) in [5.41, 5.74) is 0. The molecule has 0 aliphatic rings. The van der Waals surface area contributed by atoms with Crippen LogP contribution in [0.1, 0.15) is 45.4 Å². The molecule has 0 bridgehead atoms. The molecule has 0 saturated carbocycles. The summed E-state index contributed by atoms with van der Waals surface area (Å²) in [6.45, 7) is 2.28. The smallest absolute Gasteiger partial charge is 0.0149 e. The molecule has 0 radical (unpaired) electrons. The van der Waals surface area contributed by atoms with Gasteiger partial charge >= 0.3 is 0 Å². The molecule has 76 valence electrons. The van der Waals surface area contributed by atoms with Crippen molar-refractivity contribution in [1.29, 1.82) is 0 Å². The Bertz CT molecular complexity index is 96.5. The van der Waals surface area contributed by atoms with Crippen molar-refractivity contribution < 1.29 is 0 Å². The van der Waals surface area contributed by atoms with E-state index < -0.39 is 0 Å². The van der Waals surface area contributed by atoms with Crippen molar-refractivity contribution in [3.05, 3.63) is 0 Å². The van der Waals surface area contributed by atoms with E-state index in [2.05, 4.69) is 40.6 Å². The van der Waals surface area contributed by atoms with Crippen LogP contribution in [0.15, 0.2) is 0 Å². The zero-order valence-corrected chi connectivity index (χ0v) is 11.7. The highest BCUT2D eigenvalue weighted by atomic mass is 127. The molecule has 0 aliphatic carbocycles. The summed E-state index contributed by atoms with van der Waals surface area (Å²) in [6.07, 6.45) is 13.4. The number of halogens is 1. The van der Waals surface area contributed by atoms with Crippen molar-refractivity contribution in [2.75, 3.05) is 18.3 Å². The molecule has 0 aromatic rings. The maximum absolute atomic E-state index is 2.63. The van der Waals surface area contributed by atoms with Crippen LogP contribution in [-0.4, -0.2) is 18.3 Å². The first-order valence-electron chi connectivity index (χ1n) is 4.97. The molecule has 0 spiro atoms. The maximum atomic E-state index is 2.63. The molecule has 0 saturated heterocycles. The van der Waals surface area contributed by atoms with Crippen LogP contribution in [0.4, 0.5) is 0 Å². The minimum Gasteiger partial charge on any atom is -0.193 e. The van der Waals surface area contributed by atoms with Gasteiger partial charge in [-0.1, -0.05) is 39.0 Å². The first-order valence-corrected chi connectivity index (χ1v) is 10.1. The lowest BCUT2D eigenvalue weighted by Crippen LogP contribution is -1.92. The minimum atomic E-state index is -0.247. The van der Waals surface area contributed by atoms with Gasteiger partial charge in [0.2, 0.25) is 0 Å². The minimum absolute atomic E-state index is 0.247. The lowest BCUT2D eigenvalue weighted by molar-refractivity contribution is 0.627. The second-order valence-electron chi connectivity index (χ2n) is 3.88. The summed E-state index contributed by atoms with van der Waals surface area (Å²) >= 11 is 2.63. The van der Waals surface area contributed by atoms with Gasteiger partial charge in [0, 0.05) is 0 Å². The van der Waals surface area contributed by atoms with E-state index in [-0.39, 0.29) is 7.20 Å². The van der Waals surface area contributed by atoms with Crippen LogP contribution in [0, 0.1) is 0 Å². The van der Waals surface area contributed by atoms with Crippen LogP contribution in [0.25, 0.3) is 0 Å². The fourth-order valence-corrected chi connectivity index (χ4v) is 3.05. The van der Waals surface area contributed by atoms with Gasteiger partial charge in [0.05, 0.1) is 0 Å². The second kappa shape index (κ2) is 7.48. The zero-order chi connectivity index (χ0) is 9.45. The van der Waals surface area contributed by atoms with E-state index >= 15 is 0 Å². The molecular weight excluding hydrogens is 279 g/mol. The molecule has 0 heterocycles. The first kappa shape index (κ1) is 13.1. The molecule has 2 heteroatoms. The predicted molar refractivity (Wildman–Crippen MR) is 71.7 cm³/mol. The van der Waals surface area contributed by atoms with E-state index in [4.69, 9.17) is 0 Å². The van der Waals surface area contributed by atoms with E-state index in [1.54, 1.807) is 0 Å². The molecule has 0 amide bonds. The third-order valence-electron chi connectivity index (χ3n) is 1.98. The van der Waals surface area contributed by atoms with E-state index in [0.29, 0.717) is 0 Å². The summed E-state index contributed by atoms with van der Waals surface area (Å²) in [4.78, 5) is 0. The van der Waals surface area contributed by atoms with Gasteiger partial charge in [-0.2, -0.15) is 7.20 Å². The van der Waals surface area contributed by atoms with Crippen LogP contribution < -0.4 is 0 Å². The van der Waals surface area contributed by atoms with E-state index in [9.17, 15) is 0 Å². The Morgan fingerprint density at radius 3 is 1.92 bits per heavy atom. The van der Waals surface area contributed by atoms with Crippen molar-refractivity contribution in [2.45, 2.75) is 45.4 Å². The zero-order valence-electron chi connectivity index (χ0n) is 8.74. The third kappa shape index (κ3) is 11.1. The van der Waals surface area contributed by atoms with Gasteiger partial charge in [0.1, 0.15) is 0 Å². The van der Waals surface area contributed by atoms with Crippen molar-refractivity contribution in [1.82, 2.24) is 0 Å². The van der Waals surface area contributed by atoms with Gasteiger partial charge in [0.25, 0.3) is 0 Å². The van der Waals surface area contributed by atoms with Crippen LogP contribution in [0.2, 0.25) is 0 Å². The van der Waals surface area contributed by atoms with Gasteiger partial charge in [-0.15, -0.1) is 0 Å². The van der Waals surface area contributed by atoms with Gasteiger partial charge in [0.15, 0.2) is 0 Å². The van der Waals surface area contributed by atoms with Crippen molar-refractivity contribution in [2.24, 2.45) is 0 Å². The molecule has 0 fully saturated rings. The van der Waals surface area contributed by atoms with Crippen LogP contribution in [0.5, 0.6) is 0 Å². The van der Waals surface area contributed by atoms with Crippen LogP contribution >= 0.6 is 28.4 Å². The molecule has 0 nitrogen and oxygen atoms in total.